The van der Waals surface area contributed by atoms with Crippen molar-refractivity contribution in [3.05, 3.63) is 54.1 Å². The summed E-state index contributed by atoms with van der Waals surface area (Å²) in [7, 11) is -2.41. The van der Waals surface area contributed by atoms with Crippen molar-refractivity contribution in [3.8, 4) is 17.1 Å². The predicted molar refractivity (Wildman–Crippen MR) is 128 cm³/mol. The zero-order chi connectivity index (χ0) is 23.8. The number of aryl methyl sites for hydroxylation is 1. The molecule has 33 heavy (non-hydrogen) atoms. The van der Waals surface area contributed by atoms with Crippen LogP contribution in [0.15, 0.2) is 58.6 Å². The van der Waals surface area contributed by atoms with Crippen LogP contribution in [0.4, 0.5) is 0 Å². The molecule has 0 saturated carbocycles. The minimum absolute atomic E-state index is 0.119. The number of nitrogens with one attached hydrogen (secondary N) is 2. The molecular formula is C22H27N5O4S2. The number of aromatic nitrogens is 3. The number of rotatable bonds is 11. The number of H-pyrrole nitrogens is 1. The van der Waals surface area contributed by atoms with Gasteiger partial charge in [0.25, 0.3) is 0 Å². The van der Waals surface area contributed by atoms with Crippen LogP contribution in [0.3, 0.4) is 0 Å². The smallest absolute Gasteiger partial charge is 0.243 e. The van der Waals surface area contributed by atoms with Crippen molar-refractivity contribution >= 4 is 27.7 Å². The third-order valence-electron chi connectivity index (χ3n) is 4.69. The molecule has 0 unspecified atom stereocenters. The summed E-state index contributed by atoms with van der Waals surface area (Å²) in [6.45, 7) is 4.22. The molecule has 0 fully saturated rings. The minimum Gasteiger partial charge on any atom is -0.494 e. The number of carbonyl (C=O) groups excluding carboxylic acids is 1. The largest absolute Gasteiger partial charge is 0.494 e. The molecule has 0 saturated heterocycles. The maximum absolute atomic E-state index is 12.8. The molecule has 1 amide bonds. The van der Waals surface area contributed by atoms with Crippen molar-refractivity contribution in [1.29, 1.82) is 0 Å². The fourth-order valence-corrected chi connectivity index (χ4v) is 4.86. The second-order valence-electron chi connectivity index (χ2n) is 7.15. The molecule has 1 aromatic heterocycles. The van der Waals surface area contributed by atoms with Crippen LogP contribution >= 0.6 is 11.8 Å². The molecule has 0 bridgehead atoms. The Hall–Kier alpha value is -2.89. The number of sulfonamides is 1. The minimum atomic E-state index is -3.80. The number of hydrogen-bond donors (Lipinski definition) is 2. The van der Waals surface area contributed by atoms with Crippen LogP contribution in [0.1, 0.15) is 12.5 Å². The van der Waals surface area contributed by atoms with Crippen LogP contribution < -0.4 is 10.1 Å². The first kappa shape index (κ1) is 24.7. The molecule has 0 aliphatic heterocycles. The molecule has 1 heterocycles. The fourth-order valence-electron chi connectivity index (χ4n) is 2.99. The summed E-state index contributed by atoms with van der Waals surface area (Å²) in [5, 5.41) is 10.4. The number of likely N-dealkylation sites (N-methyl/N-ethyl adjacent to an activating group) is 1. The Morgan fingerprint density at radius 1 is 1.21 bits per heavy atom. The average Bonchev–Trinajstić information content (AvgIpc) is 3.27. The van der Waals surface area contributed by atoms with Crippen LogP contribution in [0.5, 0.6) is 5.75 Å². The summed E-state index contributed by atoms with van der Waals surface area (Å²) >= 11 is 1.39. The zero-order valence-corrected chi connectivity index (χ0v) is 20.4. The Bertz CT molecular complexity index is 1180. The van der Waals surface area contributed by atoms with E-state index in [1.165, 1.54) is 24.9 Å². The topological polar surface area (TPSA) is 117 Å². The van der Waals surface area contributed by atoms with Crippen LogP contribution in [0.25, 0.3) is 11.4 Å². The van der Waals surface area contributed by atoms with Crippen LogP contribution in [0, 0.1) is 6.92 Å². The Morgan fingerprint density at radius 2 is 1.97 bits per heavy atom. The van der Waals surface area contributed by atoms with Crippen LogP contribution in [0.2, 0.25) is 0 Å². The summed E-state index contributed by atoms with van der Waals surface area (Å²) in [6, 6.07) is 14.3. The summed E-state index contributed by atoms with van der Waals surface area (Å²) < 4.78 is 32.1. The Kier molecular flexibility index (Phi) is 8.48. The van der Waals surface area contributed by atoms with Gasteiger partial charge in [-0.3, -0.25) is 9.89 Å². The number of thioether (sulfide) groups is 1. The van der Waals surface area contributed by atoms with E-state index >= 15 is 0 Å². The van der Waals surface area contributed by atoms with Crippen molar-refractivity contribution in [2.75, 3.05) is 32.5 Å². The summed E-state index contributed by atoms with van der Waals surface area (Å²) in [6.07, 6.45) is 0. The van der Waals surface area contributed by atoms with Gasteiger partial charge in [0.2, 0.25) is 21.1 Å². The second kappa shape index (κ2) is 11.3. The van der Waals surface area contributed by atoms with Gasteiger partial charge in [-0.1, -0.05) is 42.1 Å². The van der Waals surface area contributed by atoms with Gasteiger partial charge in [-0.2, -0.15) is 4.31 Å². The monoisotopic (exact) mass is 489 g/mol. The van der Waals surface area contributed by atoms with Gasteiger partial charge < -0.3 is 10.1 Å². The molecule has 0 aliphatic carbocycles. The Morgan fingerprint density at radius 3 is 2.67 bits per heavy atom. The van der Waals surface area contributed by atoms with Gasteiger partial charge >= 0.3 is 0 Å². The molecule has 3 rings (SSSR count). The maximum atomic E-state index is 12.8. The van der Waals surface area contributed by atoms with Gasteiger partial charge in [-0.05, 0) is 37.6 Å². The number of amides is 1. The first-order valence-corrected chi connectivity index (χ1v) is 12.8. The predicted octanol–water partition coefficient (Wildman–Crippen LogP) is 2.71. The van der Waals surface area contributed by atoms with Gasteiger partial charge in [0, 0.05) is 24.9 Å². The highest BCUT2D eigenvalue weighted by molar-refractivity contribution is 7.99. The lowest BCUT2D eigenvalue weighted by atomic mass is 10.2. The highest BCUT2D eigenvalue weighted by Gasteiger charge is 2.23. The van der Waals surface area contributed by atoms with Gasteiger partial charge in [0.05, 0.1) is 18.0 Å². The van der Waals surface area contributed by atoms with Crippen molar-refractivity contribution in [1.82, 2.24) is 24.8 Å². The lowest BCUT2D eigenvalue weighted by Crippen LogP contribution is -2.39. The molecule has 2 N–H and O–H groups in total. The molecule has 2 aromatic carbocycles. The quantitative estimate of drug-likeness (QED) is 0.314. The normalized spacial score (nSPS) is 11.5. The lowest BCUT2D eigenvalue weighted by molar-refractivity contribution is -0.121. The molecule has 0 radical (unpaired) electrons. The second-order valence-corrected chi connectivity index (χ2v) is 10.3. The summed E-state index contributed by atoms with van der Waals surface area (Å²) in [5.41, 5.74) is 1.66. The SMILES string of the molecule is CCOc1ccc(S(=O)(=O)N(C)CC(=O)NCCSc2n[nH]c(-c3ccccc3)n2)cc1C. The first-order chi connectivity index (χ1) is 15.8. The highest BCUT2D eigenvalue weighted by Crippen LogP contribution is 2.23. The van der Waals surface area contributed by atoms with Crippen molar-refractivity contribution in [2.45, 2.75) is 23.9 Å². The number of aromatic amines is 1. The molecule has 11 heteroatoms. The fraction of sp³-hybridized carbons (Fsp3) is 0.318. The van der Waals surface area contributed by atoms with E-state index in [0.717, 1.165) is 15.4 Å². The van der Waals surface area contributed by atoms with Crippen LogP contribution in [-0.2, 0) is 14.8 Å². The van der Waals surface area contributed by atoms with Gasteiger partial charge in [0.15, 0.2) is 5.82 Å². The molecule has 0 spiro atoms. The molecular weight excluding hydrogens is 462 g/mol. The van der Waals surface area contributed by atoms with Gasteiger partial charge in [0.1, 0.15) is 5.75 Å². The third kappa shape index (κ3) is 6.56. The van der Waals surface area contributed by atoms with E-state index in [-0.39, 0.29) is 17.3 Å². The summed E-state index contributed by atoms with van der Waals surface area (Å²) in [4.78, 5) is 16.8. The van der Waals surface area contributed by atoms with E-state index in [1.807, 2.05) is 37.3 Å². The molecule has 176 valence electrons. The third-order valence-corrected chi connectivity index (χ3v) is 7.34. The van der Waals surface area contributed by atoms with Crippen LogP contribution in [-0.4, -0.2) is 66.3 Å². The van der Waals surface area contributed by atoms with Crippen molar-refractivity contribution < 1.29 is 17.9 Å². The first-order valence-electron chi connectivity index (χ1n) is 10.4. The van der Waals surface area contributed by atoms with Gasteiger partial charge in [-0.15, -0.1) is 5.10 Å². The lowest BCUT2D eigenvalue weighted by Gasteiger charge is -2.18. The zero-order valence-electron chi connectivity index (χ0n) is 18.7. The number of hydrogen-bond acceptors (Lipinski definition) is 7. The molecule has 3 aromatic rings. The van der Waals surface area contributed by atoms with E-state index < -0.39 is 10.0 Å². The molecule has 0 aliphatic rings. The van der Waals surface area contributed by atoms with Crippen molar-refractivity contribution in [2.24, 2.45) is 0 Å². The number of nitrogens with zero attached hydrogens (tertiary/aromatic N) is 3. The van der Waals surface area contributed by atoms with E-state index in [0.29, 0.717) is 35.6 Å². The number of benzene rings is 2. The number of carbonyl (C=O) groups is 1. The van der Waals surface area contributed by atoms with E-state index in [2.05, 4.69) is 20.5 Å². The molecule has 0 atom stereocenters. The van der Waals surface area contributed by atoms with E-state index in [4.69, 9.17) is 4.74 Å². The van der Waals surface area contributed by atoms with Gasteiger partial charge in [-0.25, -0.2) is 13.4 Å². The van der Waals surface area contributed by atoms with E-state index in [1.54, 1.807) is 19.1 Å². The highest BCUT2D eigenvalue weighted by atomic mass is 32.2. The Balaban J connectivity index is 1.46. The standard InChI is InChI=1S/C22H27N5O4S2/c1-4-31-19-11-10-18(14-16(19)2)33(29,30)27(3)15-20(28)23-12-13-32-22-24-21(25-26-22)17-8-6-5-7-9-17/h5-11,14H,4,12-13,15H2,1-3H3,(H,23,28)(H,24,25,26). The molecule has 9 nitrogen and oxygen atoms in total. The number of ether oxygens (including phenoxy) is 1. The Labute approximate surface area is 198 Å². The average molecular weight is 490 g/mol. The van der Waals surface area contributed by atoms with E-state index in [9.17, 15) is 13.2 Å². The van der Waals surface area contributed by atoms with Crippen molar-refractivity contribution in [3.63, 3.8) is 0 Å². The maximum Gasteiger partial charge on any atom is 0.243 e. The summed E-state index contributed by atoms with van der Waals surface area (Å²) in [5.74, 6) is 1.48.